The Morgan fingerprint density at radius 2 is 1.75 bits per heavy atom. The summed E-state index contributed by atoms with van der Waals surface area (Å²) in [5, 5.41) is 0. The second-order valence-electron chi connectivity index (χ2n) is 6.62. The molecular weight excluding hydrogens is 252 g/mol. The number of hydrogen-bond donors (Lipinski definition) is 0. The van der Waals surface area contributed by atoms with Gasteiger partial charge in [-0.1, -0.05) is 53.9 Å². The van der Waals surface area contributed by atoms with Crippen molar-refractivity contribution in [3.63, 3.8) is 0 Å². The summed E-state index contributed by atoms with van der Waals surface area (Å²) in [4.78, 5) is 12.3. The zero-order valence-electron chi connectivity index (χ0n) is 14.3. The van der Waals surface area contributed by atoms with Crippen LogP contribution in [0.3, 0.4) is 0 Å². The van der Waals surface area contributed by atoms with Gasteiger partial charge < -0.3 is 9.47 Å². The van der Waals surface area contributed by atoms with Crippen LogP contribution in [-0.2, 0) is 14.3 Å². The summed E-state index contributed by atoms with van der Waals surface area (Å²) in [5.41, 5.74) is -0.128. The summed E-state index contributed by atoms with van der Waals surface area (Å²) in [5.74, 6) is 0.193. The zero-order chi connectivity index (χ0) is 15.6. The second kappa shape index (κ2) is 10.2. The summed E-state index contributed by atoms with van der Waals surface area (Å²) in [6, 6.07) is 0. The van der Waals surface area contributed by atoms with E-state index in [1.807, 2.05) is 6.92 Å². The van der Waals surface area contributed by atoms with Crippen molar-refractivity contribution < 1.29 is 14.3 Å². The predicted octanol–water partition coefficient (Wildman–Crippen LogP) is 4.44. The van der Waals surface area contributed by atoms with E-state index in [-0.39, 0.29) is 17.3 Å². The molecule has 0 radical (unpaired) electrons. The molecule has 0 aliphatic carbocycles. The van der Waals surface area contributed by atoms with Gasteiger partial charge in [-0.3, -0.25) is 4.79 Å². The normalized spacial score (nSPS) is 14.9. The fourth-order valence-corrected chi connectivity index (χ4v) is 2.11. The van der Waals surface area contributed by atoms with Gasteiger partial charge in [-0.2, -0.15) is 0 Å². The van der Waals surface area contributed by atoms with Crippen LogP contribution in [-0.4, -0.2) is 25.8 Å². The van der Waals surface area contributed by atoms with E-state index in [1.165, 1.54) is 12.8 Å². The van der Waals surface area contributed by atoms with Gasteiger partial charge in [0, 0.05) is 6.61 Å². The Morgan fingerprint density at radius 1 is 1.10 bits per heavy atom. The lowest BCUT2D eigenvalue weighted by atomic mass is 9.81. The maximum Gasteiger partial charge on any atom is 0.311 e. The number of esters is 1. The molecule has 0 saturated carbocycles. The molecule has 2 unspecified atom stereocenters. The largest absolute Gasteiger partial charge is 0.465 e. The highest BCUT2D eigenvalue weighted by atomic mass is 16.5. The summed E-state index contributed by atoms with van der Waals surface area (Å²) < 4.78 is 11.0. The first-order valence-corrected chi connectivity index (χ1v) is 8.11. The van der Waals surface area contributed by atoms with E-state index in [9.17, 15) is 4.79 Å². The van der Waals surface area contributed by atoms with Crippen LogP contribution in [0.5, 0.6) is 0 Å². The third kappa shape index (κ3) is 7.88. The van der Waals surface area contributed by atoms with Crippen LogP contribution in [0.25, 0.3) is 0 Å². The highest BCUT2D eigenvalue weighted by Gasteiger charge is 2.33. The van der Waals surface area contributed by atoms with Crippen molar-refractivity contribution in [2.24, 2.45) is 17.3 Å². The summed E-state index contributed by atoms with van der Waals surface area (Å²) in [6.07, 6.45) is 4.61. The topological polar surface area (TPSA) is 35.5 Å². The van der Waals surface area contributed by atoms with Gasteiger partial charge in [-0.15, -0.1) is 0 Å². The van der Waals surface area contributed by atoms with Gasteiger partial charge in [0.15, 0.2) is 0 Å². The van der Waals surface area contributed by atoms with Crippen molar-refractivity contribution >= 4 is 5.97 Å². The Bertz CT molecular complexity index is 255. The fraction of sp³-hybridized carbons (Fsp3) is 0.941. The molecule has 0 heterocycles. The fourth-order valence-electron chi connectivity index (χ4n) is 2.11. The minimum absolute atomic E-state index is 0.110. The number of hydrogen-bond acceptors (Lipinski definition) is 3. The Morgan fingerprint density at radius 3 is 2.20 bits per heavy atom. The van der Waals surface area contributed by atoms with E-state index < -0.39 is 0 Å². The number of carbonyl (C=O) groups is 1. The van der Waals surface area contributed by atoms with E-state index in [0.29, 0.717) is 25.7 Å². The Kier molecular flexibility index (Phi) is 9.91. The van der Waals surface area contributed by atoms with Gasteiger partial charge in [0.25, 0.3) is 0 Å². The highest BCUT2D eigenvalue weighted by molar-refractivity contribution is 5.73. The molecule has 0 amide bonds. The standard InChI is InChI=1S/C17H34O3/c1-7-10-11-14(8-2)12-20-16(18)15(13-19-9-3)17(4,5)6/h14-15H,7-13H2,1-6H3. The lowest BCUT2D eigenvalue weighted by Gasteiger charge is -2.29. The van der Waals surface area contributed by atoms with E-state index in [2.05, 4.69) is 34.6 Å². The molecule has 0 spiro atoms. The number of unbranched alkanes of at least 4 members (excludes halogenated alkanes) is 1. The van der Waals surface area contributed by atoms with E-state index in [0.717, 1.165) is 12.8 Å². The first-order valence-electron chi connectivity index (χ1n) is 8.11. The Balaban J connectivity index is 4.37. The first-order chi connectivity index (χ1) is 9.36. The van der Waals surface area contributed by atoms with Gasteiger partial charge in [-0.05, 0) is 24.7 Å². The van der Waals surface area contributed by atoms with Crippen molar-refractivity contribution in [3.8, 4) is 0 Å². The van der Waals surface area contributed by atoms with Crippen LogP contribution in [0.15, 0.2) is 0 Å². The molecule has 0 bridgehead atoms. The molecule has 0 saturated heterocycles. The molecule has 0 rings (SSSR count). The molecule has 0 aromatic carbocycles. The molecule has 0 aliphatic heterocycles. The molecule has 0 aliphatic rings. The smallest absolute Gasteiger partial charge is 0.311 e. The molecule has 0 aromatic heterocycles. The van der Waals surface area contributed by atoms with Crippen LogP contribution < -0.4 is 0 Å². The maximum atomic E-state index is 12.3. The van der Waals surface area contributed by atoms with E-state index in [1.54, 1.807) is 0 Å². The molecule has 0 aromatic rings. The average Bonchev–Trinajstić information content (AvgIpc) is 2.38. The van der Waals surface area contributed by atoms with Crippen molar-refractivity contribution in [1.29, 1.82) is 0 Å². The molecule has 3 heteroatoms. The van der Waals surface area contributed by atoms with Crippen LogP contribution in [0.2, 0.25) is 0 Å². The SMILES string of the molecule is CCCCC(CC)COC(=O)C(COCC)C(C)(C)C. The van der Waals surface area contributed by atoms with Crippen molar-refractivity contribution in [2.45, 2.75) is 67.2 Å². The molecular formula is C17H34O3. The molecule has 0 fully saturated rings. The maximum absolute atomic E-state index is 12.3. The Labute approximate surface area is 125 Å². The Hall–Kier alpha value is -0.570. The van der Waals surface area contributed by atoms with Gasteiger partial charge in [0.1, 0.15) is 0 Å². The average molecular weight is 286 g/mol. The monoisotopic (exact) mass is 286 g/mol. The predicted molar refractivity (Wildman–Crippen MR) is 83.7 cm³/mol. The number of ether oxygens (including phenoxy) is 2. The van der Waals surface area contributed by atoms with Crippen molar-refractivity contribution in [1.82, 2.24) is 0 Å². The third-order valence-electron chi connectivity index (χ3n) is 3.82. The third-order valence-corrected chi connectivity index (χ3v) is 3.82. The first kappa shape index (κ1) is 19.4. The van der Waals surface area contributed by atoms with Crippen molar-refractivity contribution in [2.75, 3.05) is 19.8 Å². The van der Waals surface area contributed by atoms with Gasteiger partial charge in [-0.25, -0.2) is 0 Å². The molecule has 120 valence electrons. The van der Waals surface area contributed by atoms with Gasteiger partial charge >= 0.3 is 5.97 Å². The summed E-state index contributed by atoms with van der Waals surface area (Å²) in [7, 11) is 0. The number of rotatable bonds is 10. The highest BCUT2D eigenvalue weighted by Crippen LogP contribution is 2.28. The summed E-state index contributed by atoms with van der Waals surface area (Å²) in [6.45, 7) is 14.1. The number of carbonyl (C=O) groups excluding carboxylic acids is 1. The molecule has 3 nitrogen and oxygen atoms in total. The van der Waals surface area contributed by atoms with E-state index in [4.69, 9.17) is 9.47 Å². The zero-order valence-corrected chi connectivity index (χ0v) is 14.3. The van der Waals surface area contributed by atoms with Gasteiger partial charge in [0.05, 0.1) is 19.1 Å². The van der Waals surface area contributed by atoms with Crippen LogP contribution >= 0.6 is 0 Å². The molecule has 0 N–H and O–H groups in total. The van der Waals surface area contributed by atoms with Crippen molar-refractivity contribution in [3.05, 3.63) is 0 Å². The lowest BCUT2D eigenvalue weighted by molar-refractivity contribution is -0.156. The van der Waals surface area contributed by atoms with Crippen LogP contribution in [0.1, 0.15) is 67.2 Å². The van der Waals surface area contributed by atoms with Gasteiger partial charge in [0.2, 0.25) is 0 Å². The minimum atomic E-state index is -0.189. The lowest BCUT2D eigenvalue weighted by Crippen LogP contribution is -2.35. The van der Waals surface area contributed by atoms with E-state index >= 15 is 0 Å². The van der Waals surface area contributed by atoms with Crippen LogP contribution in [0.4, 0.5) is 0 Å². The quantitative estimate of drug-likeness (QED) is 0.557. The van der Waals surface area contributed by atoms with Crippen LogP contribution in [0, 0.1) is 17.3 Å². The summed E-state index contributed by atoms with van der Waals surface area (Å²) >= 11 is 0. The minimum Gasteiger partial charge on any atom is -0.465 e. The molecule has 2 atom stereocenters. The second-order valence-corrected chi connectivity index (χ2v) is 6.62. The molecule has 20 heavy (non-hydrogen) atoms.